The molecule has 1 saturated heterocycles. The standard InChI is InChI=1S/C27H38N2O3.H2/c1-2-24(30)25(19-9-4-3-5-10-19)28-26(31)22-14-7-13-21(17-22)23-15-8-16-29(18-23)27(32)20-11-6-12-20;/h7,13-14,17,19-20,23,25H,2-6,8-12,15-16,18H2,1H3,(H,28,31);1H/t23?,25-;/m1./s1. The first kappa shape index (κ1) is 23.0. The van der Waals surface area contributed by atoms with Crippen LogP contribution in [0.4, 0.5) is 0 Å². The third kappa shape index (κ3) is 5.24. The Morgan fingerprint density at radius 3 is 2.50 bits per heavy atom. The second kappa shape index (κ2) is 10.6. The number of carbonyl (C=O) groups excluding carboxylic acids is 3. The molecule has 1 N–H and O–H groups in total. The molecular weight excluding hydrogens is 400 g/mol. The second-order valence-electron chi connectivity index (χ2n) is 10.0. The van der Waals surface area contributed by atoms with Crippen LogP contribution < -0.4 is 5.32 Å². The fourth-order valence-corrected chi connectivity index (χ4v) is 5.67. The molecule has 5 heteroatoms. The summed E-state index contributed by atoms with van der Waals surface area (Å²) in [6.45, 7) is 3.48. The van der Waals surface area contributed by atoms with Gasteiger partial charge in [0.25, 0.3) is 5.91 Å². The molecule has 1 unspecified atom stereocenters. The van der Waals surface area contributed by atoms with E-state index in [0.717, 1.165) is 70.0 Å². The van der Waals surface area contributed by atoms with Crippen molar-refractivity contribution in [1.82, 2.24) is 10.2 Å². The summed E-state index contributed by atoms with van der Waals surface area (Å²) in [5.41, 5.74) is 1.74. The number of rotatable bonds is 7. The first-order valence-corrected chi connectivity index (χ1v) is 12.8. The van der Waals surface area contributed by atoms with E-state index in [2.05, 4.69) is 11.4 Å². The summed E-state index contributed by atoms with van der Waals surface area (Å²) >= 11 is 0. The molecule has 2 amide bonds. The predicted molar refractivity (Wildman–Crippen MR) is 128 cm³/mol. The van der Waals surface area contributed by atoms with Crippen molar-refractivity contribution in [2.45, 2.75) is 89.5 Å². The van der Waals surface area contributed by atoms with Crippen LogP contribution in [0.1, 0.15) is 101 Å². The van der Waals surface area contributed by atoms with Gasteiger partial charge >= 0.3 is 0 Å². The van der Waals surface area contributed by atoms with Gasteiger partial charge in [-0.1, -0.05) is 44.7 Å². The highest BCUT2D eigenvalue weighted by Crippen LogP contribution is 2.33. The number of piperidine rings is 1. The van der Waals surface area contributed by atoms with Gasteiger partial charge < -0.3 is 10.2 Å². The average Bonchev–Trinajstić information content (AvgIpc) is 2.81. The van der Waals surface area contributed by atoms with Crippen molar-refractivity contribution in [2.24, 2.45) is 11.8 Å². The lowest BCUT2D eigenvalue weighted by Crippen LogP contribution is -2.46. The van der Waals surface area contributed by atoms with Crippen LogP contribution in [0, 0.1) is 11.8 Å². The lowest BCUT2D eigenvalue weighted by molar-refractivity contribution is -0.139. The Kier molecular flexibility index (Phi) is 7.64. The third-order valence-corrected chi connectivity index (χ3v) is 7.91. The Hall–Kier alpha value is -2.17. The van der Waals surface area contributed by atoms with Crippen molar-refractivity contribution in [3.05, 3.63) is 35.4 Å². The molecule has 1 aliphatic heterocycles. The van der Waals surface area contributed by atoms with Crippen molar-refractivity contribution in [3.63, 3.8) is 0 Å². The first-order valence-electron chi connectivity index (χ1n) is 12.8. The fourth-order valence-electron chi connectivity index (χ4n) is 5.67. The molecule has 3 fully saturated rings. The van der Waals surface area contributed by atoms with E-state index in [4.69, 9.17) is 0 Å². The van der Waals surface area contributed by atoms with E-state index in [9.17, 15) is 14.4 Å². The molecule has 1 heterocycles. The van der Waals surface area contributed by atoms with Gasteiger partial charge in [-0.05, 0) is 62.1 Å². The van der Waals surface area contributed by atoms with Crippen LogP contribution in [0.15, 0.2) is 24.3 Å². The van der Waals surface area contributed by atoms with Crippen molar-refractivity contribution in [3.8, 4) is 0 Å². The van der Waals surface area contributed by atoms with Crippen LogP contribution in [-0.4, -0.2) is 41.6 Å². The number of ketones is 1. The highest BCUT2D eigenvalue weighted by molar-refractivity contribution is 5.98. The quantitative estimate of drug-likeness (QED) is 0.642. The Bertz CT molecular complexity index is 832. The van der Waals surface area contributed by atoms with Crippen molar-refractivity contribution >= 4 is 17.6 Å². The number of Topliss-reactive ketones (excluding diaryl/α,β-unsaturated/α-hetero) is 1. The van der Waals surface area contributed by atoms with Crippen LogP contribution in [-0.2, 0) is 9.59 Å². The number of hydrogen-bond donors (Lipinski definition) is 1. The number of nitrogens with zero attached hydrogens (tertiary/aromatic N) is 1. The summed E-state index contributed by atoms with van der Waals surface area (Å²) in [4.78, 5) is 40.5. The number of benzene rings is 1. The molecule has 2 saturated carbocycles. The van der Waals surface area contributed by atoms with Gasteiger partial charge in [0.1, 0.15) is 0 Å². The molecule has 0 spiro atoms. The second-order valence-corrected chi connectivity index (χ2v) is 10.0. The zero-order valence-electron chi connectivity index (χ0n) is 19.5. The molecule has 1 aromatic carbocycles. The average molecular weight is 441 g/mol. The van der Waals surface area contributed by atoms with E-state index in [1.807, 2.05) is 30.0 Å². The largest absolute Gasteiger partial charge is 0.342 e. The molecule has 5 nitrogen and oxygen atoms in total. The normalized spacial score (nSPS) is 23.3. The fraction of sp³-hybridized carbons (Fsp3) is 0.667. The van der Waals surface area contributed by atoms with E-state index in [1.165, 1.54) is 12.8 Å². The number of hydrogen-bond acceptors (Lipinski definition) is 3. The molecule has 4 rings (SSSR count). The van der Waals surface area contributed by atoms with E-state index >= 15 is 0 Å². The summed E-state index contributed by atoms with van der Waals surface area (Å²) in [5, 5.41) is 3.09. The summed E-state index contributed by atoms with van der Waals surface area (Å²) < 4.78 is 0. The van der Waals surface area contributed by atoms with E-state index in [0.29, 0.717) is 17.9 Å². The predicted octanol–water partition coefficient (Wildman–Crippen LogP) is 5.10. The van der Waals surface area contributed by atoms with Gasteiger partial charge in [-0.2, -0.15) is 0 Å². The van der Waals surface area contributed by atoms with E-state index in [1.54, 1.807) is 0 Å². The molecule has 32 heavy (non-hydrogen) atoms. The zero-order chi connectivity index (χ0) is 22.5. The summed E-state index contributed by atoms with van der Waals surface area (Å²) in [6.07, 6.45) is 11.3. The van der Waals surface area contributed by atoms with Gasteiger partial charge in [0.2, 0.25) is 5.91 Å². The van der Waals surface area contributed by atoms with Gasteiger partial charge in [-0.25, -0.2) is 0 Å². The van der Waals surface area contributed by atoms with Gasteiger partial charge in [-0.3, -0.25) is 14.4 Å². The topological polar surface area (TPSA) is 66.5 Å². The van der Waals surface area contributed by atoms with Gasteiger partial charge in [-0.15, -0.1) is 0 Å². The summed E-state index contributed by atoms with van der Waals surface area (Å²) in [6, 6.07) is 7.46. The van der Waals surface area contributed by atoms with Gasteiger partial charge in [0, 0.05) is 38.3 Å². The molecule has 3 aliphatic rings. The molecular formula is C27H40N2O3. The monoisotopic (exact) mass is 440 g/mol. The van der Waals surface area contributed by atoms with Crippen LogP contribution >= 0.6 is 0 Å². The summed E-state index contributed by atoms with van der Waals surface area (Å²) in [7, 11) is 0. The van der Waals surface area contributed by atoms with Crippen LogP contribution in [0.25, 0.3) is 0 Å². The van der Waals surface area contributed by atoms with Crippen LogP contribution in [0.2, 0.25) is 0 Å². The highest BCUT2D eigenvalue weighted by Gasteiger charge is 2.33. The molecule has 0 bridgehead atoms. The minimum atomic E-state index is -0.373. The van der Waals surface area contributed by atoms with Crippen molar-refractivity contribution in [1.29, 1.82) is 0 Å². The molecule has 1 aromatic rings. The minimum absolute atomic E-state index is 0. The molecule has 2 atom stereocenters. The molecule has 2 aliphatic carbocycles. The Labute approximate surface area is 193 Å². The zero-order valence-corrected chi connectivity index (χ0v) is 19.5. The molecule has 176 valence electrons. The highest BCUT2D eigenvalue weighted by atomic mass is 16.2. The maximum absolute atomic E-state index is 13.1. The van der Waals surface area contributed by atoms with E-state index < -0.39 is 0 Å². The number of likely N-dealkylation sites (tertiary alicyclic amines) is 1. The Balaban J connectivity index is 0.00000306. The lowest BCUT2D eigenvalue weighted by Gasteiger charge is -2.37. The van der Waals surface area contributed by atoms with E-state index in [-0.39, 0.29) is 36.9 Å². The number of amides is 2. The maximum atomic E-state index is 13.1. The maximum Gasteiger partial charge on any atom is 0.251 e. The number of carbonyl (C=O) groups is 3. The van der Waals surface area contributed by atoms with Gasteiger partial charge in [0.05, 0.1) is 6.04 Å². The van der Waals surface area contributed by atoms with Gasteiger partial charge in [0.15, 0.2) is 5.78 Å². The summed E-state index contributed by atoms with van der Waals surface area (Å²) in [5.74, 6) is 1.07. The van der Waals surface area contributed by atoms with Crippen molar-refractivity contribution < 1.29 is 15.8 Å². The third-order valence-electron chi connectivity index (χ3n) is 7.91. The Morgan fingerprint density at radius 1 is 1.03 bits per heavy atom. The van der Waals surface area contributed by atoms with Crippen LogP contribution in [0.3, 0.4) is 0 Å². The van der Waals surface area contributed by atoms with Crippen LogP contribution in [0.5, 0.6) is 0 Å². The smallest absolute Gasteiger partial charge is 0.251 e. The van der Waals surface area contributed by atoms with Crippen molar-refractivity contribution in [2.75, 3.05) is 13.1 Å². The Morgan fingerprint density at radius 2 is 1.81 bits per heavy atom. The first-order chi connectivity index (χ1) is 15.6. The molecule has 0 aromatic heterocycles. The number of nitrogens with one attached hydrogen (secondary N) is 1. The SMILES string of the molecule is CCC(=O)[C@H](NC(=O)c1cccc(C2CCCN(C(=O)C3CCC3)C2)c1)C1CCCCC1.[HH]. The minimum Gasteiger partial charge on any atom is -0.342 e. The molecule has 0 radical (unpaired) electrons. The lowest BCUT2D eigenvalue weighted by atomic mass is 9.81.